The molecule has 8 heteroatoms. The Morgan fingerprint density at radius 1 is 1.63 bits per heavy atom. The first-order valence-electron chi connectivity index (χ1n) is 5.70. The van der Waals surface area contributed by atoms with Crippen molar-refractivity contribution in [3.63, 3.8) is 0 Å². The molecule has 0 spiro atoms. The third-order valence-corrected chi connectivity index (χ3v) is 3.69. The number of aromatic nitrogens is 1. The lowest BCUT2D eigenvalue weighted by atomic mass is 10.0. The second-order valence-corrected chi connectivity index (χ2v) is 4.82. The van der Waals surface area contributed by atoms with Gasteiger partial charge in [-0.25, -0.2) is 0 Å². The van der Waals surface area contributed by atoms with Crippen LogP contribution in [0.15, 0.2) is 12.4 Å². The molecule has 1 aromatic rings. The largest absolute Gasteiger partial charge is 0.481 e. The first kappa shape index (κ1) is 13.5. The standard InChI is InChI=1S/C11H12ClN3O4/c1-6-7(11(16)17)2-3-14(6)10-8(12)4-13-5-9(10)15(18)19/h4-7H,2-3H2,1H3,(H,16,17). The van der Waals surface area contributed by atoms with Crippen molar-refractivity contribution < 1.29 is 14.8 Å². The average Bonchev–Trinajstić information content (AvgIpc) is 2.70. The number of halogens is 1. The van der Waals surface area contributed by atoms with Crippen molar-refractivity contribution in [3.8, 4) is 0 Å². The molecule has 1 fully saturated rings. The SMILES string of the molecule is CC1C(C(=O)O)CCN1c1c(Cl)cncc1[N+](=O)[O-]. The number of pyridine rings is 1. The lowest BCUT2D eigenvalue weighted by Crippen LogP contribution is -2.33. The molecule has 1 saturated heterocycles. The molecule has 1 aliphatic heterocycles. The molecule has 2 atom stereocenters. The van der Waals surface area contributed by atoms with Crippen LogP contribution in [0.5, 0.6) is 0 Å². The van der Waals surface area contributed by atoms with Crippen LogP contribution in [0.25, 0.3) is 0 Å². The summed E-state index contributed by atoms with van der Waals surface area (Å²) in [6.45, 7) is 2.15. The second-order valence-electron chi connectivity index (χ2n) is 4.41. The third-order valence-electron chi connectivity index (χ3n) is 3.41. The minimum absolute atomic E-state index is 0.159. The van der Waals surface area contributed by atoms with Crippen LogP contribution in [0.2, 0.25) is 5.02 Å². The Kier molecular flexibility index (Phi) is 3.57. The highest BCUT2D eigenvalue weighted by Crippen LogP contribution is 2.39. The number of anilines is 1. The Bertz CT molecular complexity index is 537. The summed E-state index contributed by atoms with van der Waals surface area (Å²) in [6, 6.07) is -0.351. The molecule has 0 saturated carbocycles. The molecule has 0 bridgehead atoms. The number of hydrogen-bond donors (Lipinski definition) is 1. The lowest BCUT2D eigenvalue weighted by molar-refractivity contribution is -0.384. The van der Waals surface area contributed by atoms with Gasteiger partial charge in [-0.1, -0.05) is 11.6 Å². The minimum atomic E-state index is -0.900. The van der Waals surface area contributed by atoms with E-state index in [0.29, 0.717) is 13.0 Å². The molecule has 102 valence electrons. The molecule has 1 aliphatic rings. The Balaban J connectivity index is 2.43. The average molecular weight is 286 g/mol. The summed E-state index contributed by atoms with van der Waals surface area (Å²) in [6.07, 6.45) is 2.89. The summed E-state index contributed by atoms with van der Waals surface area (Å²) in [5.74, 6) is -1.45. The first-order valence-corrected chi connectivity index (χ1v) is 6.08. The van der Waals surface area contributed by atoms with Crippen LogP contribution >= 0.6 is 11.6 Å². The molecule has 1 aromatic heterocycles. The van der Waals surface area contributed by atoms with Gasteiger partial charge in [0.1, 0.15) is 11.9 Å². The molecule has 2 unspecified atom stereocenters. The minimum Gasteiger partial charge on any atom is -0.481 e. The van der Waals surface area contributed by atoms with Gasteiger partial charge in [-0.05, 0) is 13.3 Å². The van der Waals surface area contributed by atoms with Crippen molar-refractivity contribution in [1.29, 1.82) is 0 Å². The fourth-order valence-electron chi connectivity index (χ4n) is 2.42. The lowest BCUT2D eigenvalue weighted by Gasteiger charge is -2.25. The number of carboxylic acid groups (broad SMARTS) is 1. The van der Waals surface area contributed by atoms with Crippen molar-refractivity contribution in [2.24, 2.45) is 5.92 Å². The van der Waals surface area contributed by atoms with Crippen LogP contribution in [0.4, 0.5) is 11.4 Å². The van der Waals surface area contributed by atoms with Gasteiger partial charge in [0.15, 0.2) is 0 Å². The molecule has 2 rings (SSSR count). The third kappa shape index (κ3) is 2.33. The summed E-state index contributed by atoms with van der Waals surface area (Å²) in [7, 11) is 0. The molecule has 0 radical (unpaired) electrons. The summed E-state index contributed by atoms with van der Waals surface area (Å²) >= 11 is 5.99. The summed E-state index contributed by atoms with van der Waals surface area (Å²) in [4.78, 5) is 26.9. The summed E-state index contributed by atoms with van der Waals surface area (Å²) < 4.78 is 0. The predicted octanol–water partition coefficient (Wildman–Crippen LogP) is 1.94. The maximum Gasteiger partial charge on any atom is 0.312 e. The molecule has 7 nitrogen and oxygen atoms in total. The van der Waals surface area contributed by atoms with E-state index >= 15 is 0 Å². The van der Waals surface area contributed by atoms with E-state index < -0.39 is 16.8 Å². The molecule has 2 heterocycles. The van der Waals surface area contributed by atoms with Gasteiger partial charge in [0.2, 0.25) is 0 Å². The zero-order chi connectivity index (χ0) is 14.2. The van der Waals surface area contributed by atoms with E-state index in [0.717, 1.165) is 6.20 Å². The van der Waals surface area contributed by atoms with E-state index in [1.807, 2.05) is 0 Å². The highest BCUT2D eigenvalue weighted by Gasteiger charge is 2.39. The monoisotopic (exact) mass is 285 g/mol. The molecule has 19 heavy (non-hydrogen) atoms. The molecule has 1 N–H and O–H groups in total. The van der Waals surface area contributed by atoms with E-state index in [4.69, 9.17) is 16.7 Å². The number of nitrogens with zero attached hydrogens (tertiary/aromatic N) is 3. The van der Waals surface area contributed by atoms with Crippen LogP contribution in [-0.4, -0.2) is 33.6 Å². The van der Waals surface area contributed by atoms with Crippen molar-refractivity contribution in [2.75, 3.05) is 11.4 Å². The maximum atomic E-state index is 11.1. The topological polar surface area (TPSA) is 96.6 Å². The molecule has 0 aliphatic carbocycles. The smallest absolute Gasteiger partial charge is 0.312 e. The molecular formula is C11H12ClN3O4. The zero-order valence-corrected chi connectivity index (χ0v) is 10.9. The van der Waals surface area contributed by atoms with Crippen LogP contribution < -0.4 is 4.90 Å². The number of rotatable bonds is 3. The quantitative estimate of drug-likeness (QED) is 0.673. The van der Waals surface area contributed by atoms with Gasteiger partial charge in [-0.2, -0.15) is 0 Å². The normalized spacial score (nSPS) is 22.5. The van der Waals surface area contributed by atoms with Crippen LogP contribution in [0.3, 0.4) is 0 Å². The van der Waals surface area contributed by atoms with E-state index in [9.17, 15) is 14.9 Å². The molecule has 0 amide bonds. The first-order chi connectivity index (χ1) is 8.93. The molecule has 0 aromatic carbocycles. The number of aliphatic carboxylic acids is 1. The van der Waals surface area contributed by atoms with Gasteiger partial charge in [0, 0.05) is 18.8 Å². The van der Waals surface area contributed by atoms with E-state index in [2.05, 4.69) is 4.98 Å². The number of carbonyl (C=O) groups is 1. The van der Waals surface area contributed by atoms with Gasteiger partial charge in [0.25, 0.3) is 0 Å². The number of nitro groups is 1. The summed E-state index contributed by atoms with van der Waals surface area (Å²) in [5, 5.41) is 20.3. The van der Waals surface area contributed by atoms with E-state index in [1.165, 1.54) is 6.20 Å². The van der Waals surface area contributed by atoms with Crippen LogP contribution in [-0.2, 0) is 4.79 Å². The fourth-order valence-corrected chi connectivity index (χ4v) is 2.68. The highest BCUT2D eigenvalue weighted by atomic mass is 35.5. The van der Waals surface area contributed by atoms with Crippen LogP contribution in [0.1, 0.15) is 13.3 Å². The van der Waals surface area contributed by atoms with Crippen LogP contribution in [0, 0.1) is 16.0 Å². The highest BCUT2D eigenvalue weighted by molar-refractivity contribution is 6.33. The van der Waals surface area contributed by atoms with Gasteiger partial charge in [-0.15, -0.1) is 0 Å². The van der Waals surface area contributed by atoms with Crippen molar-refractivity contribution >= 4 is 28.9 Å². The van der Waals surface area contributed by atoms with Crippen molar-refractivity contribution in [3.05, 3.63) is 27.5 Å². The van der Waals surface area contributed by atoms with E-state index in [1.54, 1.807) is 11.8 Å². The van der Waals surface area contributed by atoms with Crippen molar-refractivity contribution in [1.82, 2.24) is 4.98 Å². The molecular weight excluding hydrogens is 274 g/mol. The summed E-state index contributed by atoms with van der Waals surface area (Å²) in [5.41, 5.74) is 0.0447. The number of hydrogen-bond acceptors (Lipinski definition) is 5. The predicted molar refractivity (Wildman–Crippen MR) is 68.5 cm³/mol. The van der Waals surface area contributed by atoms with Crippen molar-refractivity contribution in [2.45, 2.75) is 19.4 Å². The van der Waals surface area contributed by atoms with Gasteiger partial charge < -0.3 is 10.0 Å². The maximum absolute atomic E-state index is 11.1. The van der Waals surface area contributed by atoms with E-state index in [-0.39, 0.29) is 22.4 Å². The Morgan fingerprint density at radius 3 is 2.84 bits per heavy atom. The zero-order valence-electron chi connectivity index (χ0n) is 10.1. The number of carboxylic acids is 1. The Morgan fingerprint density at radius 2 is 2.32 bits per heavy atom. The van der Waals surface area contributed by atoms with Gasteiger partial charge >= 0.3 is 11.7 Å². The van der Waals surface area contributed by atoms with Gasteiger partial charge in [-0.3, -0.25) is 19.9 Å². The fraction of sp³-hybridized carbons (Fsp3) is 0.455. The Labute approximate surface area is 114 Å². The second kappa shape index (κ2) is 5.00. The van der Waals surface area contributed by atoms with Gasteiger partial charge in [0.05, 0.1) is 15.9 Å². The Hall–Kier alpha value is -1.89.